The molecule has 0 saturated carbocycles. The first-order valence-corrected chi connectivity index (χ1v) is 7.16. The second-order valence-electron chi connectivity index (χ2n) is 4.49. The molecule has 0 fully saturated rings. The van der Waals surface area contributed by atoms with Crippen molar-refractivity contribution in [2.75, 3.05) is 40.5 Å². The minimum absolute atomic E-state index is 0.880. The van der Waals surface area contributed by atoms with Crippen LogP contribution in [0.5, 0.6) is 0 Å². The number of guanidine groups is 1. The number of thioether (sulfide) groups is 1. The molecule has 0 unspecified atom stereocenters. The normalized spacial score (nSPS) is 10.0. The molecule has 0 N–H and O–H groups in total. The van der Waals surface area contributed by atoms with Gasteiger partial charge in [0, 0.05) is 39.6 Å². The molecule has 0 atom stereocenters. The topological polar surface area (TPSA) is 18.8 Å². The molecule has 0 heterocycles. The van der Waals surface area contributed by atoms with E-state index in [1.165, 1.54) is 4.90 Å². The van der Waals surface area contributed by atoms with Gasteiger partial charge in [-0.2, -0.15) is 0 Å². The molecule has 100 valence electrons. The molecule has 0 saturated heterocycles. The van der Waals surface area contributed by atoms with Crippen molar-refractivity contribution in [3.63, 3.8) is 0 Å². The maximum atomic E-state index is 4.61. The first kappa shape index (κ1) is 14.9. The van der Waals surface area contributed by atoms with Gasteiger partial charge in [0.25, 0.3) is 0 Å². The minimum atomic E-state index is 0.880. The maximum Gasteiger partial charge on any atom is 0.195 e. The largest absolute Gasteiger partial charge is 0.349 e. The van der Waals surface area contributed by atoms with Gasteiger partial charge in [0.05, 0.1) is 0 Å². The second kappa shape index (κ2) is 8.03. The summed E-state index contributed by atoms with van der Waals surface area (Å²) in [5.74, 6) is 2.14. The zero-order chi connectivity index (χ0) is 13.4. The van der Waals surface area contributed by atoms with Crippen molar-refractivity contribution in [3.8, 4) is 0 Å². The average Bonchev–Trinajstić information content (AvgIpc) is 2.34. The van der Waals surface area contributed by atoms with Gasteiger partial charge in [-0.05, 0) is 24.3 Å². The van der Waals surface area contributed by atoms with E-state index in [2.05, 4.69) is 35.3 Å². The van der Waals surface area contributed by atoms with Crippen LogP contribution in [-0.2, 0) is 0 Å². The monoisotopic (exact) mass is 265 g/mol. The molecule has 1 aromatic rings. The molecule has 0 aliphatic rings. The van der Waals surface area contributed by atoms with E-state index in [0.29, 0.717) is 0 Å². The third-order valence-corrected chi connectivity index (χ3v) is 3.47. The van der Waals surface area contributed by atoms with Gasteiger partial charge in [0.1, 0.15) is 0 Å². The van der Waals surface area contributed by atoms with E-state index in [9.17, 15) is 0 Å². The fraction of sp³-hybridized carbons (Fsp3) is 0.500. The van der Waals surface area contributed by atoms with E-state index < -0.39 is 0 Å². The van der Waals surface area contributed by atoms with E-state index in [-0.39, 0.29) is 0 Å². The summed E-state index contributed by atoms with van der Waals surface area (Å²) in [4.78, 5) is 10.0. The quantitative estimate of drug-likeness (QED) is 0.353. The van der Waals surface area contributed by atoms with Crippen LogP contribution >= 0.6 is 11.8 Å². The second-order valence-corrected chi connectivity index (χ2v) is 5.65. The summed E-state index contributed by atoms with van der Waals surface area (Å²) < 4.78 is 0. The Hall–Kier alpha value is -1.16. The van der Waals surface area contributed by atoms with Crippen molar-refractivity contribution in [1.82, 2.24) is 9.80 Å². The van der Waals surface area contributed by atoms with Gasteiger partial charge in [-0.1, -0.05) is 18.2 Å². The first-order valence-electron chi connectivity index (χ1n) is 6.18. The van der Waals surface area contributed by atoms with Crippen LogP contribution in [0.1, 0.15) is 6.42 Å². The van der Waals surface area contributed by atoms with Gasteiger partial charge in [-0.3, -0.25) is 4.99 Å². The summed E-state index contributed by atoms with van der Waals surface area (Å²) in [5, 5.41) is 0. The van der Waals surface area contributed by atoms with Crippen LogP contribution < -0.4 is 0 Å². The van der Waals surface area contributed by atoms with Crippen LogP contribution in [0.25, 0.3) is 0 Å². The highest BCUT2D eigenvalue weighted by molar-refractivity contribution is 7.99. The third kappa shape index (κ3) is 5.45. The predicted molar refractivity (Wildman–Crippen MR) is 81.5 cm³/mol. The summed E-state index contributed by atoms with van der Waals surface area (Å²) in [6.45, 7) is 0.880. The smallest absolute Gasteiger partial charge is 0.195 e. The zero-order valence-corrected chi connectivity index (χ0v) is 12.6. The van der Waals surface area contributed by atoms with E-state index in [1.54, 1.807) is 0 Å². The predicted octanol–water partition coefficient (Wildman–Crippen LogP) is 2.65. The number of hydrogen-bond acceptors (Lipinski definition) is 2. The van der Waals surface area contributed by atoms with E-state index in [1.807, 2.05) is 49.8 Å². The molecule has 1 rings (SSSR count). The highest BCUT2D eigenvalue weighted by Gasteiger charge is 2.02. The van der Waals surface area contributed by atoms with Gasteiger partial charge in [0.15, 0.2) is 5.96 Å². The van der Waals surface area contributed by atoms with Gasteiger partial charge < -0.3 is 9.80 Å². The fourth-order valence-electron chi connectivity index (χ4n) is 1.63. The van der Waals surface area contributed by atoms with Crippen LogP contribution in [-0.4, -0.2) is 56.2 Å². The lowest BCUT2D eigenvalue weighted by molar-refractivity contribution is 0.479. The lowest BCUT2D eigenvalue weighted by Crippen LogP contribution is -2.35. The number of nitrogens with zero attached hydrogens (tertiary/aromatic N) is 3. The molecular formula is C14H23N3S. The molecule has 0 aromatic heterocycles. The Bertz CT molecular complexity index is 351. The Labute approximate surface area is 115 Å². The molecule has 0 bridgehead atoms. The molecule has 0 spiro atoms. The molecule has 3 nitrogen and oxygen atoms in total. The van der Waals surface area contributed by atoms with Crippen LogP contribution in [0.4, 0.5) is 0 Å². The van der Waals surface area contributed by atoms with Crippen LogP contribution in [0, 0.1) is 0 Å². The Morgan fingerprint density at radius 3 is 2.22 bits per heavy atom. The number of hydrogen-bond donors (Lipinski definition) is 0. The molecule has 0 aliphatic carbocycles. The lowest BCUT2D eigenvalue weighted by atomic mass is 10.4. The lowest BCUT2D eigenvalue weighted by Gasteiger charge is -2.22. The molecule has 0 radical (unpaired) electrons. The van der Waals surface area contributed by atoms with Crippen molar-refractivity contribution in [2.45, 2.75) is 11.3 Å². The fourth-order valence-corrected chi connectivity index (χ4v) is 2.49. The minimum Gasteiger partial charge on any atom is -0.349 e. The molecule has 4 heteroatoms. The summed E-state index contributed by atoms with van der Waals surface area (Å²) >= 11 is 1.89. The van der Waals surface area contributed by atoms with Crippen molar-refractivity contribution in [1.29, 1.82) is 0 Å². The van der Waals surface area contributed by atoms with Crippen LogP contribution in [0.2, 0.25) is 0 Å². The molecular weight excluding hydrogens is 242 g/mol. The summed E-state index contributed by atoms with van der Waals surface area (Å²) in [7, 11) is 8.10. The Kier molecular flexibility index (Phi) is 6.65. The Morgan fingerprint density at radius 1 is 1.06 bits per heavy atom. The Morgan fingerprint density at radius 2 is 1.67 bits per heavy atom. The van der Waals surface area contributed by atoms with Crippen molar-refractivity contribution in [2.24, 2.45) is 4.99 Å². The number of rotatable bonds is 5. The van der Waals surface area contributed by atoms with Gasteiger partial charge in [0.2, 0.25) is 0 Å². The average molecular weight is 265 g/mol. The SMILES string of the molecule is CN(C)C(=NCCCSc1ccccc1)N(C)C. The van der Waals surface area contributed by atoms with Crippen LogP contribution in [0.3, 0.4) is 0 Å². The highest BCUT2D eigenvalue weighted by atomic mass is 32.2. The molecule has 18 heavy (non-hydrogen) atoms. The first-order chi connectivity index (χ1) is 8.61. The summed E-state index contributed by atoms with van der Waals surface area (Å²) in [6, 6.07) is 10.5. The van der Waals surface area contributed by atoms with Crippen LogP contribution in [0.15, 0.2) is 40.2 Å². The van der Waals surface area contributed by atoms with Gasteiger partial charge >= 0.3 is 0 Å². The highest BCUT2D eigenvalue weighted by Crippen LogP contribution is 2.17. The van der Waals surface area contributed by atoms with Gasteiger partial charge in [-0.15, -0.1) is 11.8 Å². The molecule has 0 amide bonds. The van der Waals surface area contributed by atoms with Crippen molar-refractivity contribution in [3.05, 3.63) is 30.3 Å². The van der Waals surface area contributed by atoms with E-state index in [0.717, 1.165) is 24.7 Å². The van der Waals surface area contributed by atoms with E-state index >= 15 is 0 Å². The molecule has 1 aromatic carbocycles. The Balaban J connectivity index is 2.27. The summed E-state index contributed by atoms with van der Waals surface area (Å²) in [5.41, 5.74) is 0. The van der Waals surface area contributed by atoms with E-state index in [4.69, 9.17) is 0 Å². The van der Waals surface area contributed by atoms with Crippen molar-refractivity contribution < 1.29 is 0 Å². The number of benzene rings is 1. The summed E-state index contributed by atoms with van der Waals surface area (Å²) in [6.07, 6.45) is 1.10. The standard InChI is InChI=1S/C14H23N3S/c1-16(2)14(17(3)4)15-11-8-12-18-13-9-6-5-7-10-13/h5-7,9-10H,8,11-12H2,1-4H3. The molecule has 0 aliphatic heterocycles. The van der Waals surface area contributed by atoms with Crippen molar-refractivity contribution >= 4 is 17.7 Å². The third-order valence-electron chi connectivity index (χ3n) is 2.37. The van der Waals surface area contributed by atoms with Gasteiger partial charge in [-0.25, -0.2) is 0 Å². The maximum absolute atomic E-state index is 4.61. The zero-order valence-electron chi connectivity index (χ0n) is 11.8. The number of aliphatic imine (C=N–C) groups is 1.